The van der Waals surface area contributed by atoms with E-state index < -0.39 is 0 Å². The van der Waals surface area contributed by atoms with Crippen LogP contribution >= 0.6 is 0 Å². The lowest BCUT2D eigenvalue weighted by Gasteiger charge is -2.33. The van der Waals surface area contributed by atoms with Crippen molar-refractivity contribution in [2.24, 2.45) is 11.8 Å². The summed E-state index contributed by atoms with van der Waals surface area (Å²) in [6.45, 7) is 2.86. The molecule has 0 aromatic heterocycles. The van der Waals surface area contributed by atoms with Crippen LogP contribution in [-0.2, 0) is 19.2 Å². The molecular weight excluding hydrogens is 420 g/mol. The van der Waals surface area contributed by atoms with Gasteiger partial charge in [0, 0.05) is 56.0 Å². The SMILES string of the molecule is CC(=O)Nc1ccc(NC(=O)C2CCN(C(=O)[C@@H]3CC(=O)N(c4ccccc4)C3)CC2)cc1. The maximum atomic E-state index is 13.0. The third kappa shape index (κ3) is 5.39. The van der Waals surface area contributed by atoms with E-state index in [9.17, 15) is 19.2 Å². The van der Waals surface area contributed by atoms with E-state index in [1.54, 1.807) is 34.1 Å². The van der Waals surface area contributed by atoms with Gasteiger partial charge in [0.25, 0.3) is 0 Å². The minimum absolute atomic E-state index is 0.00537. The van der Waals surface area contributed by atoms with Crippen LogP contribution in [0.25, 0.3) is 0 Å². The molecule has 4 amide bonds. The molecule has 0 saturated carbocycles. The molecule has 8 nitrogen and oxygen atoms in total. The molecule has 0 radical (unpaired) electrons. The molecule has 0 spiro atoms. The van der Waals surface area contributed by atoms with Gasteiger partial charge in [0.2, 0.25) is 23.6 Å². The van der Waals surface area contributed by atoms with Gasteiger partial charge in [-0.25, -0.2) is 0 Å². The number of carbonyl (C=O) groups excluding carboxylic acids is 4. The Morgan fingerprint density at radius 1 is 0.848 bits per heavy atom. The fourth-order valence-corrected chi connectivity index (χ4v) is 4.44. The summed E-state index contributed by atoms with van der Waals surface area (Å²) in [7, 11) is 0. The van der Waals surface area contributed by atoms with E-state index >= 15 is 0 Å². The molecule has 2 fully saturated rings. The Morgan fingerprint density at radius 3 is 2.06 bits per heavy atom. The van der Waals surface area contributed by atoms with Crippen molar-refractivity contribution in [2.75, 3.05) is 35.2 Å². The van der Waals surface area contributed by atoms with Gasteiger partial charge in [0.05, 0.1) is 5.92 Å². The molecule has 2 aromatic rings. The van der Waals surface area contributed by atoms with Crippen molar-refractivity contribution < 1.29 is 19.2 Å². The molecule has 2 aliphatic heterocycles. The second kappa shape index (κ2) is 9.85. The van der Waals surface area contributed by atoms with Gasteiger partial charge in [-0.05, 0) is 49.2 Å². The van der Waals surface area contributed by atoms with Gasteiger partial charge in [0.1, 0.15) is 0 Å². The minimum atomic E-state index is -0.342. The van der Waals surface area contributed by atoms with Crippen LogP contribution in [0, 0.1) is 11.8 Å². The number of nitrogens with one attached hydrogen (secondary N) is 2. The number of benzene rings is 2. The van der Waals surface area contributed by atoms with Crippen LogP contribution in [0.15, 0.2) is 54.6 Å². The summed E-state index contributed by atoms with van der Waals surface area (Å²) in [4.78, 5) is 52.7. The van der Waals surface area contributed by atoms with Crippen LogP contribution in [-0.4, -0.2) is 48.2 Å². The highest BCUT2D eigenvalue weighted by Gasteiger charge is 2.38. The van der Waals surface area contributed by atoms with Crippen LogP contribution in [0.1, 0.15) is 26.2 Å². The molecule has 1 atom stereocenters. The van der Waals surface area contributed by atoms with E-state index in [1.165, 1.54) is 6.92 Å². The predicted octanol–water partition coefficient (Wildman–Crippen LogP) is 2.88. The van der Waals surface area contributed by atoms with Crippen LogP contribution in [0.4, 0.5) is 17.1 Å². The number of piperidine rings is 1. The minimum Gasteiger partial charge on any atom is -0.342 e. The van der Waals surface area contributed by atoms with Crippen LogP contribution in [0.3, 0.4) is 0 Å². The molecule has 2 aliphatic rings. The van der Waals surface area contributed by atoms with E-state index in [2.05, 4.69) is 10.6 Å². The first-order valence-electron chi connectivity index (χ1n) is 11.2. The molecule has 33 heavy (non-hydrogen) atoms. The molecule has 4 rings (SSSR count). The molecule has 2 heterocycles. The molecule has 0 aliphatic carbocycles. The first-order chi connectivity index (χ1) is 15.9. The largest absolute Gasteiger partial charge is 0.342 e. The van der Waals surface area contributed by atoms with E-state index in [4.69, 9.17) is 0 Å². The lowest BCUT2D eigenvalue weighted by atomic mass is 9.94. The van der Waals surface area contributed by atoms with Crippen molar-refractivity contribution in [1.29, 1.82) is 0 Å². The highest BCUT2D eigenvalue weighted by atomic mass is 16.2. The number of rotatable bonds is 5. The van der Waals surface area contributed by atoms with Crippen LogP contribution < -0.4 is 15.5 Å². The zero-order chi connectivity index (χ0) is 23.4. The third-order valence-corrected chi connectivity index (χ3v) is 6.19. The summed E-state index contributed by atoms with van der Waals surface area (Å²) in [6.07, 6.45) is 1.40. The third-order valence-electron chi connectivity index (χ3n) is 6.19. The van der Waals surface area contributed by atoms with Crippen molar-refractivity contribution in [2.45, 2.75) is 26.2 Å². The molecule has 2 N–H and O–H groups in total. The first-order valence-corrected chi connectivity index (χ1v) is 11.2. The van der Waals surface area contributed by atoms with Gasteiger partial charge < -0.3 is 20.4 Å². The second-order valence-corrected chi connectivity index (χ2v) is 8.59. The van der Waals surface area contributed by atoms with E-state index in [0.717, 1.165) is 5.69 Å². The van der Waals surface area contributed by atoms with Crippen molar-refractivity contribution in [3.63, 3.8) is 0 Å². The quantitative estimate of drug-likeness (QED) is 0.735. The predicted molar refractivity (Wildman–Crippen MR) is 126 cm³/mol. The number of hydrogen-bond donors (Lipinski definition) is 2. The van der Waals surface area contributed by atoms with E-state index in [-0.39, 0.29) is 41.9 Å². The standard InChI is InChI=1S/C25H28N4O4/c1-17(30)26-20-7-9-21(10-8-20)27-24(32)18-11-13-28(14-12-18)25(33)19-15-23(31)29(16-19)22-5-3-2-4-6-22/h2-10,18-19H,11-16H2,1H3,(H,26,30)(H,27,32)/t19-/m1/s1. The van der Waals surface area contributed by atoms with Crippen molar-refractivity contribution in [1.82, 2.24) is 4.90 Å². The second-order valence-electron chi connectivity index (χ2n) is 8.59. The Bertz CT molecular complexity index is 1030. The number of para-hydroxylation sites is 1. The summed E-state index contributed by atoms with van der Waals surface area (Å²) >= 11 is 0. The Balaban J connectivity index is 1.27. The molecule has 172 valence electrons. The molecule has 8 heteroatoms. The maximum absolute atomic E-state index is 13.0. The fourth-order valence-electron chi connectivity index (χ4n) is 4.44. The first kappa shape index (κ1) is 22.5. The summed E-state index contributed by atoms with van der Waals surface area (Å²) in [5.41, 5.74) is 2.15. The Kier molecular flexibility index (Phi) is 6.72. The molecule has 2 saturated heterocycles. The van der Waals surface area contributed by atoms with Crippen molar-refractivity contribution >= 4 is 40.7 Å². The normalized spacial score (nSPS) is 18.8. The Morgan fingerprint density at radius 2 is 1.45 bits per heavy atom. The van der Waals surface area contributed by atoms with Gasteiger partial charge in [0.15, 0.2) is 0 Å². The van der Waals surface area contributed by atoms with Crippen molar-refractivity contribution in [3.05, 3.63) is 54.6 Å². The lowest BCUT2D eigenvalue weighted by molar-refractivity contribution is -0.138. The van der Waals surface area contributed by atoms with Gasteiger partial charge >= 0.3 is 0 Å². The Labute approximate surface area is 192 Å². The summed E-state index contributed by atoms with van der Waals surface area (Å²) in [6, 6.07) is 16.4. The molecule has 0 unspecified atom stereocenters. The van der Waals surface area contributed by atoms with Gasteiger partial charge in [-0.3, -0.25) is 19.2 Å². The zero-order valence-electron chi connectivity index (χ0n) is 18.6. The average Bonchev–Trinajstić information content (AvgIpc) is 3.22. The topological polar surface area (TPSA) is 98.8 Å². The molecule has 0 bridgehead atoms. The number of likely N-dealkylation sites (tertiary alicyclic amines) is 1. The van der Waals surface area contributed by atoms with Gasteiger partial charge in [-0.1, -0.05) is 18.2 Å². The van der Waals surface area contributed by atoms with Crippen molar-refractivity contribution in [3.8, 4) is 0 Å². The van der Waals surface area contributed by atoms with Crippen LogP contribution in [0.2, 0.25) is 0 Å². The highest BCUT2D eigenvalue weighted by molar-refractivity contribution is 6.00. The maximum Gasteiger partial charge on any atom is 0.228 e. The van der Waals surface area contributed by atoms with E-state index in [0.29, 0.717) is 43.9 Å². The smallest absolute Gasteiger partial charge is 0.228 e. The number of amides is 4. The summed E-state index contributed by atoms with van der Waals surface area (Å²) in [5.74, 6) is -0.767. The summed E-state index contributed by atoms with van der Waals surface area (Å²) < 4.78 is 0. The van der Waals surface area contributed by atoms with E-state index in [1.807, 2.05) is 30.3 Å². The average molecular weight is 449 g/mol. The van der Waals surface area contributed by atoms with Crippen LogP contribution in [0.5, 0.6) is 0 Å². The number of hydrogen-bond acceptors (Lipinski definition) is 4. The molecule has 2 aromatic carbocycles. The number of carbonyl (C=O) groups is 4. The molecular formula is C25H28N4O4. The number of nitrogens with zero attached hydrogens (tertiary/aromatic N) is 2. The zero-order valence-corrected chi connectivity index (χ0v) is 18.6. The van der Waals surface area contributed by atoms with Gasteiger partial charge in [-0.2, -0.15) is 0 Å². The monoisotopic (exact) mass is 448 g/mol. The highest BCUT2D eigenvalue weighted by Crippen LogP contribution is 2.28. The Hall–Kier alpha value is -3.68. The fraction of sp³-hybridized carbons (Fsp3) is 0.360. The number of anilines is 3. The van der Waals surface area contributed by atoms with Gasteiger partial charge in [-0.15, -0.1) is 0 Å². The summed E-state index contributed by atoms with van der Waals surface area (Å²) in [5, 5.41) is 5.60. The lowest BCUT2D eigenvalue weighted by Crippen LogP contribution is -2.44.